The molecule has 6 heteroatoms. The Hall–Kier alpha value is -0.690. The van der Waals surface area contributed by atoms with Crippen LogP contribution in [0.15, 0.2) is 0 Å². The van der Waals surface area contributed by atoms with Crippen LogP contribution in [-0.4, -0.2) is 55.9 Å². The Morgan fingerprint density at radius 2 is 1.54 bits per heavy atom. The summed E-state index contributed by atoms with van der Waals surface area (Å²) in [6, 6.07) is 0. The Labute approximate surface area is 74.1 Å². The van der Waals surface area contributed by atoms with Crippen LogP contribution in [0.3, 0.4) is 0 Å². The standard InChI is InChI=1S/C7H12O6/c8-3-1-2(7(12)13)4(9)6(11)5(3)10/h2-6,8-11H,1H2,(H,12,13)/t2?,3-,4+,5?,6+/m1/s1. The monoisotopic (exact) mass is 192 g/mol. The minimum Gasteiger partial charge on any atom is -0.481 e. The van der Waals surface area contributed by atoms with Crippen molar-refractivity contribution in [3.05, 3.63) is 0 Å². The number of carboxylic acids is 1. The Morgan fingerprint density at radius 1 is 1.00 bits per heavy atom. The quantitative estimate of drug-likeness (QED) is 0.314. The highest BCUT2D eigenvalue weighted by Crippen LogP contribution is 2.25. The van der Waals surface area contributed by atoms with Crippen LogP contribution in [0, 0.1) is 5.92 Å². The topological polar surface area (TPSA) is 118 Å². The summed E-state index contributed by atoms with van der Waals surface area (Å²) >= 11 is 0. The maximum atomic E-state index is 10.5. The van der Waals surface area contributed by atoms with Crippen molar-refractivity contribution in [3.63, 3.8) is 0 Å². The van der Waals surface area contributed by atoms with E-state index in [2.05, 4.69) is 0 Å². The van der Waals surface area contributed by atoms with Gasteiger partial charge in [-0.1, -0.05) is 0 Å². The molecule has 0 heterocycles. The number of aliphatic hydroxyl groups excluding tert-OH is 4. The Balaban J connectivity index is 2.76. The third kappa shape index (κ3) is 1.80. The van der Waals surface area contributed by atoms with Crippen LogP contribution < -0.4 is 0 Å². The van der Waals surface area contributed by atoms with Gasteiger partial charge in [0.05, 0.1) is 18.1 Å². The van der Waals surface area contributed by atoms with Gasteiger partial charge in [0.15, 0.2) is 0 Å². The minimum atomic E-state index is -1.61. The second-order valence-corrected chi connectivity index (χ2v) is 3.22. The van der Waals surface area contributed by atoms with E-state index in [4.69, 9.17) is 20.4 Å². The fraction of sp³-hybridized carbons (Fsp3) is 0.857. The maximum absolute atomic E-state index is 10.5. The van der Waals surface area contributed by atoms with E-state index >= 15 is 0 Å². The number of carbonyl (C=O) groups is 1. The van der Waals surface area contributed by atoms with Crippen molar-refractivity contribution in [1.29, 1.82) is 0 Å². The van der Waals surface area contributed by atoms with E-state index in [0.29, 0.717) is 0 Å². The highest BCUT2D eigenvalue weighted by Gasteiger charge is 2.44. The zero-order valence-electron chi connectivity index (χ0n) is 6.74. The molecule has 0 aromatic carbocycles. The van der Waals surface area contributed by atoms with Gasteiger partial charge in [-0.05, 0) is 6.42 Å². The summed E-state index contributed by atoms with van der Waals surface area (Å²) in [7, 11) is 0. The molecule has 0 aromatic rings. The fourth-order valence-corrected chi connectivity index (χ4v) is 1.45. The van der Waals surface area contributed by atoms with E-state index in [1.165, 1.54) is 0 Å². The lowest BCUT2D eigenvalue weighted by Gasteiger charge is -2.36. The molecule has 0 spiro atoms. The molecule has 13 heavy (non-hydrogen) atoms. The van der Waals surface area contributed by atoms with E-state index in [9.17, 15) is 9.90 Å². The van der Waals surface area contributed by atoms with Gasteiger partial charge in [0.25, 0.3) is 0 Å². The molecule has 6 nitrogen and oxygen atoms in total. The van der Waals surface area contributed by atoms with Crippen LogP contribution in [-0.2, 0) is 4.79 Å². The zero-order chi connectivity index (χ0) is 10.2. The molecule has 1 rings (SSSR count). The normalized spacial score (nSPS) is 46.0. The van der Waals surface area contributed by atoms with Crippen molar-refractivity contribution in [2.45, 2.75) is 30.8 Å². The predicted molar refractivity (Wildman–Crippen MR) is 39.8 cm³/mol. The average molecular weight is 192 g/mol. The van der Waals surface area contributed by atoms with Gasteiger partial charge in [0.2, 0.25) is 0 Å². The summed E-state index contributed by atoms with van der Waals surface area (Å²) < 4.78 is 0. The van der Waals surface area contributed by atoms with E-state index in [1.807, 2.05) is 0 Å². The molecule has 0 aliphatic heterocycles. The molecule has 0 amide bonds. The number of aliphatic carboxylic acids is 1. The molecule has 0 bridgehead atoms. The first kappa shape index (κ1) is 10.4. The largest absolute Gasteiger partial charge is 0.481 e. The molecular weight excluding hydrogens is 180 g/mol. The van der Waals surface area contributed by atoms with Crippen molar-refractivity contribution in [2.24, 2.45) is 5.92 Å². The number of rotatable bonds is 1. The van der Waals surface area contributed by atoms with Gasteiger partial charge in [-0.2, -0.15) is 0 Å². The maximum Gasteiger partial charge on any atom is 0.309 e. The first-order chi connectivity index (χ1) is 5.95. The lowest BCUT2D eigenvalue weighted by Crippen LogP contribution is -2.55. The van der Waals surface area contributed by atoms with Gasteiger partial charge in [-0.3, -0.25) is 4.79 Å². The molecule has 0 saturated heterocycles. The minimum absolute atomic E-state index is 0.255. The average Bonchev–Trinajstić information content (AvgIpc) is 2.07. The zero-order valence-corrected chi connectivity index (χ0v) is 6.74. The van der Waals surface area contributed by atoms with Crippen LogP contribution in [0.1, 0.15) is 6.42 Å². The first-order valence-electron chi connectivity index (χ1n) is 3.90. The molecule has 1 fully saturated rings. The van der Waals surface area contributed by atoms with Crippen molar-refractivity contribution in [3.8, 4) is 0 Å². The molecule has 5 atom stereocenters. The van der Waals surface area contributed by atoms with Gasteiger partial charge in [0.1, 0.15) is 12.2 Å². The second kappa shape index (κ2) is 3.59. The smallest absolute Gasteiger partial charge is 0.309 e. The number of hydrogen-bond acceptors (Lipinski definition) is 5. The van der Waals surface area contributed by atoms with E-state index in [-0.39, 0.29) is 6.42 Å². The lowest BCUT2D eigenvalue weighted by atomic mass is 9.81. The van der Waals surface area contributed by atoms with Crippen LogP contribution in [0.5, 0.6) is 0 Å². The fourth-order valence-electron chi connectivity index (χ4n) is 1.45. The summed E-state index contributed by atoms with van der Waals surface area (Å²) in [5, 5.41) is 45.0. The highest BCUT2D eigenvalue weighted by atomic mass is 16.4. The Kier molecular flexibility index (Phi) is 2.87. The van der Waals surface area contributed by atoms with Crippen molar-refractivity contribution in [1.82, 2.24) is 0 Å². The Morgan fingerprint density at radius 3 is 2.00 bits per heavy atom. The molecular formula is C7H12O6. The SMILES string of the molecule is O=C(O)C1C[C@@H](O)C(O)[C@@H](O)[C@H]1O. The van der Waals surface area contributed by atoms with Crippen molar-refractivity contribution in [2.75, 3.05) is 0 Å². The number of hydrogen-bond donors (Lipinski definition) is 5. The van der Waals surface area contributed by atoms with E-state index in [0.717, 1.165) is 0 Å². The van der Waals surface area contributed by atoms with Crippen LogP contribution in [0.4, 0.5) is 0 Å². The summed E-state index contributed by atoms with van der Waals surface area (Å²) in [5.41, 5.74) is 0. The molecule has 0 radical (unpaired) electrons. The van der Waals surface area contributed by atoms with Crippen molar-refractivity contribution < 1.29 is 30.3 Å². The highest BCUT2D eigenvalue weighted by molar-refractivity contribution is 5.71. The van der Waals surface area contributed by atoms with Gasteiger partial charge < -0.3 is 25.5 Å². The summed E-state index contributed by atoms with van der Waals surface area (Å²) in [4.78, 5) is 10.5. The van der Waals surface area contributed by atoms with Gasteiger partial charge in [-0.25, -0.2) is 0 Å². The molecule has 0 aromatic heterocycles. The Bertz CT molecular complexity index is 205. The molecule has 5 N–H and O–H groups in total. The van der Waals surface area contributed by atoms with Crippen LogP contribution >= 0.6 is 0 Å². The van der Waals surface area contributed by atoms with Crippen LogP contribution in [0.2, 0.25) is 0 Å². The molecule has 2 unspecified atom stereocenters. The summed E-state index contributed by atoms with van der Waals surface area (Å²) in [6.45, 7) is 0. The number of carboxylic acid groups (broad SMARTS) is 1. The van der Waals surface area contributed by atoms with Crippen LogP contribution in [0.25, 0.3) is 0 Å². The molecule has 76 valence electrons. The van der Waals surface area contributed by atoms with Gasteiger partial charge in [-0.15, -0.1) is 0 Å². The molecule has 1 aliphatic rings. The summed E-state index contributed by atoms with van der Waals surface area (Å²) in [5.74, 6) is -2.52. The van der Waals surface area contributed by atoms with Crippen molar-refractivity contribution >= 4 is 5.97 Å². The second-order valence-electron chi connectivity index (χ2n) is 3.22. The van der Waals surface area contributed by atoms with E-state index < -0.39 is 36.3 Å². The lowest BCUT2D eigenvalue weighted by molar-refractivity contribution is -0.178. The van der Waals surface area contributed by atoms with Gasteiger partial charge in [0, 0.05) is 0 Å². The summed E-state index contributed by atoms with van der Waals surface area (Å²) in [6.07, 6.45) is -6.18. The third-order valence-corrected chi connectivity index (χ3v) is 2.32. The molecule has 1 saturated carbocycles. The molecule has 1 aliphatic carbocycles. The predicted octanol–water partition coefficient (Wildman–Crippen LogP) is -2.47. The van der Waals surface area contributed by atoms with Gasteiger partial charge >= 0.3 is 5.97 Å². The first-order valence-corrected chi connectivity index (χ1v) is 3.90. The number of aliphatic hydroxyl groups is 4. The third-order valence-electron chi connectivity index (χ3n) is 2.32. The van der Waals surface area contributed by atoms with E-state index in [1.54, 1.807) is 0 Å².